The van der Waals surface area contributed by atoms with Gasteiger partial charge in [0.15, 0.2) is 5.78 Å². The number of nitrogens with one attached hydrogen (secondary N) is 1. The highest BCUT2D eigenvalue weighted by atomic mass is 16.1. The van der Waals surface area contributed by atoms with Crippen LogP contribution in [0.4, 0.5) is 0 Å². The van der Waals surface area contributed by atoms with Gasteiger partial charge in [-0.05, 0) is 30.3 Å². The first-order chi connectivity index (χ1) is 9.65. The third-order valence-electron chi connectivity index (χ3n) is 3.18. The molecule has 3 rings (SSSR count). The van der Waals surface area contributed by atoms with Crippen LogP contribution in [0.25, 0.3) is 21.9 Å². The van der Waals surface area contributed by atoms with Gasteiger partial charge in [-0.2, -0.15) is 0 Å². The summed E-state index contributed by atoms with van der Waals surface area (Å²) in [6.07, 6.45) is 5.08. The third-order valence-corrected chi connectivity index (χ3v) is 3.18. The zero-order valence-electron chi connectivity index (χ0n) is 11.4. The van der Waals surface area contributed by atoms with E-state index < -0.39 is 0 Å². The Bertz CT molecular complexity index is 815. The molecule has 0 aliphatic rings. The summed E-state index contributed by atoms with van der Waals surface area (Å²) in [5.74, 6) is -0.00107. The second kappa shape index (κ2) is 4.81. The van der Waals surface area contributed by atoms with Crippen molar-refractivity contribution >= 4 is 27.7 Å². The molecule has 4 nitrogen and oxygen atoms in total. The predicted octanol–water partition coefficient (Wildman–Crippen LogP) is 2.97. The van der Waals surface area contributed by atoms with Crippen LogP contribution in [-0.2, 0) is 0 Å². The number of carbonyl (C=O) groups excluding carboxylic acids is 1. The first kappa shape index (κ1) is 12.4. The van der Waals surface area contributed by atoms with E-state index >= 15 is 0 Å². The van der Waals surface area contributed by atoms with Gasteiger partial charge < -0.3 is 9.88 Å². The molecule has 4 heteroatoms. The predicted molar refractivity (Wildman–Crippen MR) is 80.8 cm³/mol. The molecular weight excluding hydrogens is 250 g/mol. The zero-order chi connectivity index (χ0) is 14.1. The SMILES string of the molecule is CN(C)/C=C/C(=O)c1ccc2[nH]c3ncccc3c2c1. The number of benzene rings is 1. The molecule has 0 aliphatic carbocycles. The van der Waals surface area contributed by atoms with Crippen LogP contribution >= 0.6 is 0 Å². The fourth-order valence-corrected chi connectivity index (χ4v) is 2.19. The van der Waals surface area contributed by atoms with Crippen LogP contribution in [0.5, 0.6) is 0 Å². The summed E-state index contributed by atoms with van der Waals surface area (Å²) in [5.41, 5.74) is 2.52. The van der Waals surface area contributed by atoms with Crippen molar-refractivity contribution in [1.82, 2.24) is 14.9 Å². The highest BCUT2D eigenvalue weighted by molar-refractivity contribution is 6.11. The first-order valence-corrected chi connectivity index (χ1v) is 6.40. The standard InChI is InChI=1S/C16H15N3O/c1-19(2)9-7-15(20)11-5-6-14-13(10-11)12-4-3-8-17-16(12)18-14/h3-10H,1-2H3,(H,17,18)/b9-7+. The van der Waals surface area contributed by atoms with Crippen LogP contribution in [0.3, 0.4) is 0 Å². The van der Waals surface area contributed by atoms with Crippen LogP contribution in [0.2, 0.25) is 0 Å². The summed E-state index contributed by atoms with van der Waals surface area (Å²) in [7, 11) is 3.77. The maximum absolute atomic E-state index is 12.1. The molecular formula is C16H15N3O. The molecule has 100 valence electrons. The van der Waals surface area contributed by atoms with Crippen molar-refractivity contribution in [2.45, 2.75) is 0 Å². The highest BCUT2D eigenvalue weighted by Crippen LogP contribution is 2.24. The number of pyridine rings is 1. The van der Waals surface area contributed by atoms with E-state index in [9.17, 15) is 4.79 Å². The number of ketones is 1. The Balaban J connectivity index is 2.10. The molecule has 0 spiro atoms. The Labute approximate surface area is 116 Å². The quantitative estimate of drug-likeness (QED) is 0.585. The second-order valence-corrected chi connectivity index (χ2v) is 4.93. The van der Waals surface area contributed by atoms with Gasteiger partial charge >= 0.3 is 0 Å². The number of aromatic nitrogens is 2. The molecule has 0 bridgehead atoms. The minimum atomic E-state index is -0.00107. The smallest absolute Gasteiger partial charge is 0.187 e. The number of aromatic amines is 1. The number of H-pyrrole nitrogens is 1. The first-order valence-electron chi connectivity index (χ1n) is 6.40. The summed E-state index contributed by atoms with van der Waals surface area (Å²) >= 11 is 0. The molecule has 0 amide bonds. The van der Waals surface area contributed by atoms with Crippen molar-refractivity contribution in [3.05, 3.63) is 54.4 Å². The lowest BCUT2D eigenvalue weighted by Crippen LogP contribution is -2.03. The number of nitrogens with zero attached hydrogens (tertiary/aromatic N) is 2. The Morgan fingerprint density at radius 3 is 2.90 bits per heavy atom. The lowest BCUT2D eigenvalue weighted by molar-refractivity contribution is 0.104. The molecule has 2 aromatic heterocycles. The topological polar surface area (TPSA) is 49.0 Å². The number of allylic oxidation sites excluding steroid dienone is 1. The largest absolute Gasteiger partial charge is 0.383 e. The summed E-state index contributed by atoms with van der Waals surface area (Å²) in [6, 6.07) is 9.58. The average molecular weight is 265 g/mol. The fourth-order valence-electron chi connectivity index (χ4n) is 2.19. The van der Waals surface area contributed by atoms with E-state index in [4.69, 9.17) is 0 Å². The van der Waals surface area contributed by atoms with Crippen LogP contribution in [-0.4, -0.2) is 34.7 Å². The number of fused-ring (bicyclic) bond motifs is 3. The van der Waals surface area contributed by atoms with E-state index in [-0.39, 0.29) is 5.78 Å². The number of rotatable bonds is 3. The molecule has 1 N–H and O–H groups in total. The summed E-state index contributed by atoms with van der Waals surface area (Å²) in [6.45, 7) is 0. The van der Waals surface area contributed by atoms with E-state index in [1.807, 2.05) is 49.3 Å². The molecule has 0 radical (unpaired) electrons. The Morgan fingerprint density at radius 2 is 2.10 bits per heavy atom. The summed E-state index contributed by atoms with van der Waals surface area (Å²) in [4.78, 5) is 21.5. The van der Waals surface area contributed by atoms with Gasteiger partial charge in [0.25, 0.3) is 0 Å². The van der Waals surface area contributed by atoms with E-state index in [1.165, 1.54) is 0 Å². The molecule has 0 aliphatic heterocycles. The highest BCUT2D eigenvalue weighted by Gasteiger charge is 2.08. The molecule has 0 saturated heterocycles. The Kier molecular flexibility index (Phi) is 2.99. The number of carbonyl (C=O) groups is 1. The van der Waals surface area contributed by atoms with Crippen molar-refractivity contribution in [2.24, 2.45) is 0 Å². The number of hydrogen-bond acceptors (Lipinski definition) is 3. The molecule has 20 heavy (non-hydrogen) atoms. The lowest BCUT2D eigenvalue weighted by atomic mass is 10.1. The van der Waals surface area contributed by atoms with E-state index in [1.54, 1.807) is 18.5 Å². The minimum Gasteiger partial charge on any atom is -0.383 e. The molecule has 0 saturated carbocycles. The van der Waals surface area contributed by atoms with Gasteiger partial charge in [0, 0.05) is 54.4 Å². The van der Waals surface area contributed by atoms with Gasteiger partial charge in [-0.3, -0.25) is 4.79 Å². The molecule has 2 heterocycles. The molecule has 1 aromatic carbocycles. The van der Waals surface area contributed by atoms with Crippen LogP contribution in [0, 0.1) is 0 Å². The van der Waals surface area contributed by atoms with Gasteiger partial charge in [0.2, 0.25) is 0 Å². The minimum absolute atomic E-state index is 0.00107. The van der Waals surface area contributed by atoms with Crippen LogP contribution in [0.1, 0.15) is 10.4 Å². The van der Waals surface area contributed by atoms with Gasteiger partial charge in [0.05, 0.1) is 0 Å². The van der Waals surface area contributed by atoms with E-state index in [0.29, 0.717) is 5.56 Å². The third kappa shape index (κ3) is 2.16. The number of hydrogen-bond donors (Lipinski definition) is 1. The van der Waals surface area contributed by atoms with Crippen LogP contribution < -0.4 is 0 Å². The molecule has 0 fully saturated rings. The Hall–Kier alpha value is -2.62. The maximum atomic E-state index is 12.1. The van der Waals surface area contributed by atoms with Crippen molar-refractivity contribution < 1.29 is 4.79 Å². The van der Waals surface area contributed by atoms with Gasteiger partial charge in [-0.1, -0.05) is 0 Å². The molecule has 3 aromatic rings. The monoisotopic (exact) mass is 265 g/mol. The summed E-state index contributed by atoms with van der Waals surface area (Å²) < 4.78 is 0. The summed E-state index contributed by atoms with van der Waals surface area (Å²) in [5, 5.41) is 2.06. The normalized spacial score (nSPS) is 11.5. The lowest BCUT2D eigenvalue weighted by Gasteiger charge is -2.03. The molecule has 0 unspecified atom stereocenters. The van der Waals surface area contributed by atoms with Gasteiger partial charge in [-0.15, -0.1) is 0 Å². The molecule has 0 atom stereocenters. The van der Waals surface area contributed by atoms with Gasteiger partial charge in [-0.25, -0.2) is 4.98 Å². The average Bonchev–Trinajstić information content (AvgIpc) is 2.82. The van der Waals surface area contributed by atoms with Gasteiger partial charge in [0.1, 0.15) is 5.65 Å². The second-order valence-electron chi connectivity index (χ2n) is 4.93. The van der Waals surface area contributed by atoms with Crippen molar-refractivity contribution in [3.63, 3.8) is 0 Å². The van der Waals surface area contributed by atoms with E-state index in [2.05, 4.69) is 9.97 Å². The fraction of sp³-hybridized carbons (Fsp3) is 0.125. The van der Waals surface area contributed by atoms with E-state index in [0.717, 1.165) is 21.9 Å². The maximum Gasteiger partial charge on any atom is 0.187 e. The van der Waals surface area contributed by atoms with Crippen molar-refractivity contribution in [1.29, 1.82) is 0 Å². The van der Waals surface area contributed by atoms with Crippen LogP contribution in [0.15, 0.2) is 48.8 Å². The van der Waals surface area contributed by atoms with Crippen molar-refractivity contribution in [3.8, 4) is 0 Å². The Morgan fingerprint density at radius 1 is 1.25 bits per heavy atom. The zero-order valence-corrected chi connectivity index (χ0v) is 11.4. The van der Waals surface area contributed by atoms with Crippen molar-refractivity contribution in [2.75, 3.05) is 14.1 Å².